The first kappa shape index (κ1) is 15.9. The van der Waals surface area contributed by atoms with Gasteiger partial charge < -0.3 is 5.32 Å². The SMILES string of the molecule is CC(C)c1ccc(CNCC2CCCCC2CCl)cc1. The van der Waals surface area contributed by atoms with E-state index in [-0.39, 0.29) is 0 Å². The Labute approximate surface area is 129 Å². The summed E-state index contributed by atoms with van der Waals surface area (Å²) >= 11 is 6.09. The molecule has 2 atom stereocenters. The van der Waals surface area contributed by atoms with Gasteiger partial charge in [-0.15, -0.1) is 11.6 Å². The molecule has 2 unspecified atom stereocenters. The standard InChI is InChI=1S/C18H28ClN/c1-14(2)16-9-7-15(8-10-16)12-20-13-18-6-4-3-5-17(18)11-19/h7-10,14,17-18,20H,3-6,11-13H2,1-2H3. The van der Waals surface area contributed by atoms with Gasteiger partial charge >= 0.3 is 0 Å². The highest BCUT2D eigenvalue weighted by molar-refractivity contribution is 6.18. The van der Waals surface area contributed by atoms with Crippen LogP contribution in [0.2, 0.25) is 0 Å². The number of nitrogens with one attached hydrogen (secondary N) is 1. The zero-order valence-corrected chi connectivity index (χ0v) is 13.6. The van der Waals surface area contributed by atoms with E-state index in [0.717, 1.165) is 30.8 Å². The van der Waals surface area contributed by atoms with Crippen molar-refractivity contribution in [3.8, 4) is 0 Å². The maximum atomic E-state index is 6.09. The van der Waals surface area contributed by atoms with E-state index in [4.69, 9.17) is 11.6 Å². The van der Waals surface area contributed by atoms with Crippen LogP contribution in [0.1, 0.15) is 56.6 Å². The predicted molar refractivity (Wildman–Crippen MR) is 88.4 cm³/mol. The van der Waals surface area contributed by atoms with Gasteiger partial charge in [-0.3, -0.25) is 0 Å². The fourth-order valence-electron chi connectivity index (χ4n) is 3.18. The molecule has 1 aromatic rings. The summed E-state index contributed by atoms with van der Waals surface area (Å²) in [6.45, 7) is 6.57. The summed E-state index contributed by atoms with van der Waals surface area (Å²) in [7, 11) is 0. The Kier molecular flexibility index (Phi) is 6.38. The van der Waals surface area contributed by atoms with Gasteiger partial charge in [-0.05, 0) is 48.3 Å². The van der Waals surface area contributed by atoms with Crippen LogP contribution in [0.15, 0.2) is 24.3 Å². The minimum atomic E-state index is 0.615. The Balaban J connectivity index is 1.77. The number of halogens is 1. The van der Waals surface area contributed by atoms with Crippen molar-refractivity contribution in [3.63, 3.8) is 0 Å². The van der Waals surface area contributed by atoms with Gasteiger partial charge in [-0.2, -0.15) is 0 Å². The number of hydrogen-bond acceptors (Lipinski definition) is 1. The van der Waals surface area contributed by atoms with Crippen LogP contribution in [-0.4, -0.2) is 12.4 Å². The third-order valence-corrected chi connectivity index (χ3v) is 5.04. The molecule has 0 amide bonds. The van der Waals surface area contributed by atoms with Gasteiger partial charge in [0.1, 0.15) is 0 Å². The molecule has 1 saturated carbocycles. The second-order valence-corrected chi connectivity index (χ2v) is 6.79. The molecule has 1 aliphatic rings. The van der Waals surface area contributed by atoms with Crippen LogP contribution in [-0.2, 0) is 6.54 Å². The van der Waals surface area contributed by atoms with E-state index in [0.29, 0.717) is 5.92 Å². The van der Waals surface area contributed by atoms with Gasteiger partial charge in [0.2, 0.25) is 0 Å². The molecular weight excluding hydrogens is 266 g/mol. The molecule has 0 aromatic heterocycles. The topological polar surface area (TPSA) is 12.0 Å². The molecule has 1 N–H and O–H groups in total. The molecule has 2 rings (SSSR count). The van der Waals surface area contributed by atoms with Gasteiger partial charge in [-0.25, -0.2) is 0 Å². The van der Waals surface area contributed by atoms with Crippen molar-refractivity contribution in [2.75, 3.05) is 12.4 Å². The molecular formula is C18H28ClN. The van der Waals surface area contributed by atoms with Crippen LogP contribution in [0.5, 0.6) is 0 Å². The minimum absolute atomic E-state index is 0.615. The number of rotatable bonds is 6. The maximum Gasteiger partial charge on any atom is 0.0254 e. The van der Waals surface area contributed by atoms with E-state index in [1.807, 2.05) is 0 Å². The molecule has 0 spiro atoms. The summed E-state index contributed by atoms with van der Waals surface area (Å²) in [6.07, 6.45) is 5.41. The lowest BCUT2D eigenvalue weighted by Gasteiger charge is -2.30. The smallest absolute Gasteiger partial charge is 0.0254 e. The van der Waals surface area contributed by atoms with Crippen molar-refractivity contribution >= 4 is 11.6 Å². The summed E-state index contributed by atoms with van der Waals surface area (Å²) in [5.41, 5.74) is 2.80. The van der Waals surface area contributed by atoms with Gasteiger partial charge in [0.25, 0.3) is 0 Å². The Morgan fingerprint density at radius 1 is 1.10 bits per heavy atom. The maximum absolute atomic E-state index is 6.09. The van der Waals surface area contributed by atoms with Crippen molar-refractivity contribution in [1.82, 2.24) is 5.32 Å². The quantitative estimate of drug-likeness (QED) is 0.732. The molecule has 0 bridgehead atoms. The highest BCUT2D eigenvalue weighted by atomic mass is 35.5. The summed E-state index contributed by atoms with van der Waals surface area (Å²) in [5.74, 6) is 2.94. The third-order valence-electron chi connectivity index (χ3n) is 4.65. The number of hydrogen-bond donors (Lipinski definition) is 1. The van der Waals surface area contributed by atoms with Crippen molar-refractivity contribution < 1.29 is 0 Å². The average Bonchev–Trinajstić information content (AvgIpc) is 2.48. The summed E-state index contributed by atoms with van der Waals surface area (Å²) in [4.78, 5) is 0. The molecule has 1 fully saturated rings. The third kappa shape index (κ3) is 4.49. The second-order valence-electron chi connectivity index (χ2n) is 6.49. The largest absolute Gasteiger partial charge is 0.312 e. The van der Waals surface area contributed by atoms with Crippen LogP contribution in [0.4, 0.5) is 0 Å². The highest BCUT2D eigenvalue weighted by Gasteiger charge is 2.23. The second kappa shape index (κ2) is 8.05. The van der Waals surface area contributed by atoms with Crippen LogP contribution < -0.4 is 5.32 Å². The summed E-state index contributed by atoms with van der Waals surface area (Å²) in [5, 5.41) is 3.63. The van der Waals surface area contributed by atoms with E-state index in [9.17, 15) is 0 Å². The minimum Gasteiger partial charge on any atom is -0.312 e. The van der Waals surface area contributed by atoms with Gasteiger partial charge in [0.05, 0.1) is 0 Å². The highest BCUT2D eigenvalue weighted by Crippen LogP contribution is 2.30. The monoisotopic (exact) mass is 293 g/mol. The summed E-state index contributed by atoms with van der Waals surface area (Å²) < 4.78 is 0. The molecule has 0 radical (unpaired) electrons. The predicted octanol–water partition coefficient (Wildman–Crippen LogP) is 4.94. The zero-order valence-electron chi connectivity index (χ0n) is 12.9. The van der Waals surface area contributed by atoms with E-state index in [2.05, 4.69) is 43.4 Å². The van der Waals surface area contributed by atoms with Crippen molar-refractivity contribution in [2.24, 2.45) is 11.8 Å². The molecule has 112 valence electrons. The molecule has 0 aliphatic heterocycles. The van der Waals surface area contributed by atoms with E-state index >= 15 is 0 Å². The Morgan fingerprint density at radius 3 is 2.35 bits per heavy atom. The summed E-state index contributed by atoms with van der Waals surface area (Å²) in [6, 6.07) is 9.01. The average molecular weight is 294 g/mol. The van der Waals surface area contributed by atoms with Crippen LogP contribution in [0.3, 0.4) is 0 Å². The van der Waals surface area contributed by atoms with E-state index in [1.165, 1.54) is 36.8 Å². The van der Waals surface area contributed by atoms with E-state index in [1.54, 1.807) is 0 Å². The first-order valence-electron chi connectivity index (χ1n) is 8.06. The van der Waals surface area contributed by atoms with Crippen LogP contribution in [0.25, 0.3) is 0 Å². The fourth-order valence-corrected chi connectivity index (χ4v) is 3.58. The Morgan fingerprint density at radius 2 is 1.75 bits per heavy atom. The lowest BCUT2D eigenvalue weighted by atomic mass is 9.80. The van der Waals surface area contributed by atoms with Crippen molar-refractivity contribution in [3.05, 3.63) is 35.4 Å². The first-order valence-corrected chi connectivity index (χ1v) is 8.59. The number of benzene rings is 1. The van der Waals surface area contributed by atoms with Gasteiger partial charge in [0, 0.05) is 12.4 Å². The molecule has 0 saturated heterocycles. The lowest BCUT2D eigenvalue weighted by molar-refractivity contribution is 0.250. The molecule has 1 nitrogen and oxygen atoms in total. The van der Waals surface area contributed by atoms with Crippen LogP contribution in [0, 0.1) is 11.8 Å². The zero-order chi connectivity index (χ0) is 14.4. The normalized spacial score (nSPS) is 23.2. The fraction of sp³-hybridized carbons (Fsp3) is 0.667. The van der Waals surface area contributed by atoms with Gasteiger partial charge in [0.15, 0.2) is 0 Å². The van der Waals surface area contributed by atoms with Gasteiger partial charge in [-0.1, -0.05) is 51.0 Å². The van der Waals surface area contributed by atoms with Crippen LogP contribution >= 0.6 is 11.6 Å². The molecule has 0 heterocycles. The molecule has 1 aliphatic carbocycles. The van der Waals surface area contributed by atoms with Crippen molar-refractivity contribution in [2.45, 2.75) is 52.0 Å². The molecule has 1 aromatic carbocycles. The molecule has 2 heteroatoms. The Hall–Kier alpha value is -0.530. The first-order chi connectivity index (χ1) is 9.70. The lowest BCUT2D eigenvalue weighted by Crippen LogP contribution is -2.31. The Bertz CT molecular complexity index is 385. The number of alkyl halides is 1. The molecule has 20 heavy (non-hydrogen) atoms. The van der Waals surface area contributed by atoms with E-state index < -0.39 is 0 Å². The van der Waals surface area contributed by atoms with Crippen molar-refractivity contribution in [1.29, 1.82) is 0 Å².